The zero-order chi connectivity index (χ0) is 29.5. The number of hydrogen-bond acceptors (Lipinski definition) is 6. The Balaban J connectivity index is 2.14. The van der Waals surface area contributed by atoms with Crippen molar-refractivity contribution in [2.75, 3.05) is 6.54 Å². The summed E-state index contributed by atoms with van der Waals surface area (Å²) in [5.41, 5.74) is 13.4. The highest BCUT2D eigenvalue weighted by molar-refractivity contribution is 5.94. The monoisotopic (exact) mass is 553 g/mol. The van der Waals surface area contributed by atoms with Crippen molar-refractivity contribution in [1.29, 1.82) is 0 Å². The lowest BCUT2D eigenvalue weighted by molar-refractivity contribution is -0.142. The number of carbonyl (C=O) groups is 4. The maximum Gasteiger partial charge on any atom is 0.326 e. The average molecular weight is 554 g/mol. The molecule has 40 heavy (non-hydrogen) atoms. The maximum atomic E-state index is 13.4. The number of carboxylic acid groups (broad SMARTS) is 1. The number of unbranched alkanes of at least 4 members (excludes halogenated alkanes) is 1. The third-order valence-corrected chi connectivity index (χ3v) is 6.91. The van der Waals surface area contributed by atoms with E-state index in [0.717, 1.165) is 11.1 Å². The van der Waals surface area contributed by atoms with Crippen LogP contribution in [0.15, 0.2) is 60.7 Å². The Morgan fingerprint density at radius 1 is 0.775 bits per heavy atom. The predicted octanol–water partition coefficient (Wildman–Crippen LogP) is 1.51. The Morgan fingerprint density at radius 3 is 1.85 bits per heavy atom. The lowest BCUT2D eigenvalue weighted by atomic mass is 9.96. The third-order valence-electron chi connectivity index (χ3n) is 6.91. The Morgan fingerprint density at radius 2 is 1.32 bits per heavy atom. The molecule has 0 radical (unpaired) electrons. The molecule has 218 valence electrons. The van der Waals surface area contributed by atoms with Crippen LogP contribution in [0.1, 0.15) is 50.7 Å². The fraction of sp³-hybridized carbons (Fsp3) is 0.467. The van der Waals surface area contributed by atoms with Gasteiger partial charge in [-0.05, 0) is 49.3 Å². The molecule has 8 N–H and O–H groups in total. The zero-order valence-corrected chi connectivity index (χ0v) is 23.3. The molecule has 0 aliphatic carbocycles. The van der Waals surface area contributed by atoms with E-state index in [0.29, 0.717) is 38.6 Å². The van der Waals surface area contributed by atoms with Gasteiger partial charge in [-0.15, -0.1) is 0 Å². The molecular weight excluding hydrogens is 510 g/mol. The van der Waals surface area contributed by atoms with E-state index in [4.69, 9.17) is 11.5 Å². The van der Waals surface area contributed by atoms with Gasteiger partial charge in [0.25, 0.3) is 0 Å². The molecule has 0 aliphatic rings. The molecule has 0 saturated carbocycles. The highest BCUT2D eigenvalue weighted by atomic mass is 16.4. The Labute approximate surface area is 236 Å². The molecule has 0 aromatic heterocycles. The predicted molar refractivity (Wildman–Crippen MR) is 154 cm³/mol. The molecule has 5 atom stereocenters. The lowest BCUT2D eigenvalue weighted by Crippen LogP contribution is -2.59. The molecule has 3 amide bonds. The van der Waals surface area contributed by atoms with Gasteiger partial charge in [0, 0.05) is 6.42 Å². The van der Waals surface area contributed by atoms with Crippen LogP contribution in [0.4, 0.5) is 0 Å². The number of benzene rings is 2. The van der Waals surface area contributed by atoms with E-state index in [1.807, 2.05) is 43.3 Å². The van der Waals surface area contributed by atoms with E-state index in [-0.39, 0.29) is 12.3 Å². The molecule has 0 saturated heterocycles. The number of hydrogen-bond donors (Lipinski definition) is 6. The average Bonchev–Trinajstić information content (AvgIpc) is 2.95. The van der Waals surface area contributed by atoms with E-state index in [9.17, 15) is 24.3 Å². The van der Waals surface area contributed by atoms with E-state index in [2.05, 4.69) is 16.0 Å². The molecule has 10 nitrogen and oxygen atoms in total. The molecule has 0 bridgehead atoms. The smallest absolute Gasteiger partial charge is 0.326 e. The van der Waals surface area contributed by atoms with E-state index in [1.54, 1.807) is 31.2 Å². The summed E-state index contributed by atoms with van der Waals surface area (Å²) >= 11 is 0. The van der Waals surface area contributed by atoms with Crippen molar-refractivity contribution in [3.05, 3.63) is 71.8 Å². The normalized spacial score (nSPS) is 14.7. The van der Waals surface area contributed by atoms with Crippen molar-refractivity contribution in [3.63, 3.8) is 0 Å². The highest BCUT2D eigenvalue weighted by Crippen LogP contribution is 2.12. The van der Waals surface area contributed by atoms with E-state index in [1.165, 1.54) is 0 Å². The standard InChI is InChI=1S/C30H43N5O5/c1-3-20(2)26(29(38)34-25(30(39)40)19-22-14-8-5-9-15-22)35-28(37)24(16-10-11-17-31)33-27(36)23(32)18-21-12-6-4-7-13-21/h4-9,12-15,20,23-26H,3,10-11,16-19,31-32H2,1-2H3,(H,33,36)(H,34,38)(H,35,37)(H,39,40). The van der Waals surface area contributed by atoms with Crippen LogP contribution in [0.2, 0.25) is 0 Å². The van der Waals surface area contributed by atoms with Crippen LogP contribution >= 0.6 is 0 Å². The number of amides is 3. The molecule has 0 aliphatic heterocycles. The van der Waals surface area contributed by atoms with Crippen molar-refractivity contribution >= 4 is 23.7 Å². The van der Waals surface area contributed by atoms with Gasteiger partial charge in [0.05, 0.1) is 6.04 Å². The molecule has 0 fully saturated rings. The van der Waals surface area contributed by atoms with Crippen LogP contribution in [0, 0.1) is 5.92 Å². The SMILES string of the molecule is CCC(C)C(NC(=O)C(CCCCN)NC(=O)C(N)Cc1ccccc1)C(=O)NC(Cc1ccccc1)C(=O)O. The van der Waals surface area contributed by atoms with Gasteiger partial charge in [-0.2, -0.15) is 0 Å². The largest absolute Gasteiger partial charge is 0.480 e. The summed E-state index contributed by atoms with van der Waals surface area (Å²) in [7, 11) is 0. The number of rotatable bonds is 17. The molecule has 0 spiro atoms. The van der Waals surface area contributed by atoms with Gasteiger partial charge in [-0.25, -0.2) is 4.79 Å². The van der Waals surface area contributed by atoms with Gasteiger partial charge in [-0.3, -0.25) is 14.4 Å². The zero-order valence-electron chi connectivity index (χ0n) is 23.3. The topological polar surface area (TPSA) is 177 Å². The van der Waals surface area contributed by atoms with Gasteiger partial charge >= 0.3 is 5.97 Å². The fourth-order valence-electron chi connectivity index (χ4n) is 4.27. The summed E-state index contributed by atoms with van der Waals surface area (Å²) in [6.07, 6.45) is 2.51. The second kappa shape index (κ2) is 17.0. The van der Waals surface area contributed by atoms with Crippen LogP contribution in [-0.4, -0.2) is 59.5 Å². The second-order valence-electron chi connectivity index (χ2n) is 10.1. The molecular formula is C30H43N5O5. The quantitative estimate of drug-likeness (QED) is 0.161. The van der Waals surface area contributed by atoms with Crippen molar-refractivity contribution in [3.8, 4) is 0 Å². The summed E-state index contributed by atoms with van der Waals surface area (Å²) in [5.74, 6) is -3.08. The summed E-state index contributed by atoms with van der Waals surface area (Å²) in [5, 5.41) is 17.8. The van der Waals surface area contributed by atoms with Crippen molar-refractivity contribution < 1.29 is 24.3 Å². The van der Waals surface area contributed by atoms with Crippen molar-refractivity contribution in [1.82, 2.24) is 16.0 Å². The lowest BCUT2D eigenvalue weighted by Gasteiger charge is -2.28. The summed E-state index contributed by atoms with van der Waals surface area (Å²) < 4.78 is 0. The third kappa shape index (κ3) is 10.8. The van der Waals surface area contributed by atoms with Gasteiger partial charge in [0.1, 0.15) is 18.1 Å². The first-order chi connectivity index (χ1) is 19.2. The van der Waals surface area contributed by atoms with E-state index < -0.39 is 47.9 Å². The summed E-state index contributed by atoms with van der Waals surface area (Å²) in [6, 6.07) is 14.3. The summed E-state index contributed by atoms with van der Waals surface area (Å²) in [6.45, 7) is 4.11. The minimum atomic E-state index is -1.18. The Kier molecular flexibility index (Phi) is 13.8. The van der Waals surface area contributed by atoms with Crippen LogP contribution in [0.3, 0.4) is 0 Å². The molecule has 5 unspecified atom stereocenters. The molecule has 2 rings (SSSR count). The Bertz CT molecular complexity index is 1080. The fourth-order valence-corrected chi connectivity index (χ4v) is 4.27. The number of nitrogens with one attached hydrogen (secondary N) is 3. The molecule has 0 heterocycles. The highest BCUT2D eigenvalue weighted by Gasteiger charge is 2.32. The minimum absolute atomic E-state index is 0.0974. The number of carboxylic acids is 1. The number of aliphatic carboxylic acids is 1. The molecule has 2 aromatic rings. The van der Waals surface area contributed by atoms with Crippen LogP contribution in [-0.2, 0) is 32.0 Å². The van der Waals surface area contributed by atoms with Gasteiger partial charge in [0.15, 0.2) is 0 Å². The number of nitrogens with two attached hydrogens (primary N) is 2. The maximum absolute atomic E-state index is 13.4. The van der Waals surface area contributed by atoms with Crippen LogP contribution in [0.25, 0.3) is 0 Å². The van der Waals surface area contributed by atoms with Crippen LogP contribution < -0.4 is 27.4 Å². The molecule has 2 aromatic carbocycles. The second-order valence-corrected chi connectivity index (χ2v) is 10.1. The minimum Gasteiger partial charge on any atom is -0.480 e. The van der Waals surface area contributed by atoms with E-state index >= 15 is 0 Å². The number of carbonyl (C=O) groups excluding carboxylic acids is 3. The first kappa shape index (κ1) is 32.5. The first-order valence-corrected chi connectivity index (χ1v) is 13.8. The molecule has 10 heteroatoms. The van der Waals surface area contributed by atoms with Crippen molar-refractivity contribution in [2.45, 2.75) is 76.5 Å². The van der Waals surface area contributed by atoms with Gasteiger partial charge < -0.3 is 32.5 Å². The van der Waals surface area contributed by atoms with Gasteiger partial charge in [0.2, 0.25) is 17.7 Å². The first-order valence-electron chi connectivity index (χ1n) is 13.8. The Hall–Kier alpha value is -3.76. The van der Waals surface area contributed by atoms with Crippen LogP contribution in [0.5, 0.6) is 0 Å². The van der Waals surface area contributed by atoms with Crippen molar-refractivity contribution in [2.24, 2.45) is 17.4 Å². The summed E-state index contributed by atoms with van der Waals surface area (Å²) in [4.78, 5) is 51.5. The van der Waals surface area contributed by atoms with Gasteiger partial charge in [-0.1, -0.05) is 80.9 Å².